The number of hydrogen-bond donors (Lipinski definition) is 2. The minimum absolute atomic E-state index is 0.134. The van der Waals surface area contributed by atoms with Gasteiger partial charge in [-0.25, -0.2) is 9.97 Å². The predicted molar refractivity (Wildman–Crippen MR) is 107 cm³/mol. The lowest BCUT2D eigenvalue weighted by molar-refractivity contribution is 0.152. The maximum absolute atomic E-state index is 6.24. The van der Waals surface area contributed by atoms with Gasteiger partial charge in [0.05, 0.1) is 18.2 Å². The van der Waals surface area contributed by atoms with Gasteiger partial charge in [-0.3, -0.25) is 4.98 Å². The van der Waals surface area contributed by atoms with Gasteiger partial charge in [0.25, 0.3) is 0 Å². The highest BCUT2D eigenvalue weighted by Crippen LogP contribution is 2.30. The second kappa shape index (κ2) is 8.24. The van der Waals surface area contributed by atoms with Crippen LogP contribution >= 0.6 is 0 Å². The summed E-state index contributed by atoms with van der Waals surface area (Å²) in [4.78, 5) is 17.2. The average Bonchev–Trinajstić information content (AvgIpc) is 2.70. The van der Waals surface area contributed by atoms with Crippen LogP contribution in [0.3, 0.4) is 0 Å². The standard InChI is InChI=1S/C20H24N6O2/c1-2-27-20-24-8-7-18(26-20)25-14-3-5-15(6-4-14)28-17-12-13(21)11-16-19(17)23-10-9-22-16/h7-12,14-15H,2-6,21H2,1H3,(H,24,25,26). The van der Waals surface area contributed by atoms with Crippen molar-refractivity contribution in [1.82, 2.24) is 19.9 Å². The molecule has 0 saturated heterocycles. The Balaban J connectivity index is 1.37. The fourth-order valence-corrected chi connectivity index (χ4v) is 3.49. The number of hydrogen-bond acceptors (Lipinski definition) is 8. The molecule has 28 heavy (non-hydrogen) atoms. The van der Waals surface area contributed by atoms with E-state index in [9.17, 15) is 0 Å². The fourth-order valence-electron chi connectivity index (χ4n) is 3.49. The lowest BCUT2D eigenvalue weighted by atomic mass is 9.93. The van der Waals surface area contributed by atoms with Gasteiger partial charge in [-0.05, 0) is 44.7 Å². The Labute approximate surface area is 163 Å². The van der Waals surface area contributed by atoms with Gasteiger partial charge in [-0.15, -0.1) is 0 Å². The third kappa shape index (κ3) is 4.21. The van der Waals surface area contributed by atoms with Crippen LogP contribution < -0.4 is 20.5 Å². The van der Waals surface area contributed by atoms with Crippen LogP contribution in [-0.2, 0) is 0 Å². The van der Waals surface area contributed by atoms with E-state index in [1.165, 1.54) is 0 Å². The molecule has 1 saturated carbocycles. The monoisotopic (exact) mass is 380 g/mol. The zero-order valence-corrected chi connectivity index (χ0v) is 15.8. The molecule has 0 radical (unpaired) electrons. The second-order valence-corrected chi connectivity index (χ2v) is 6.84. The fraction of sp³-hybridized carbons (Fsp3) is 0.400. The first-order valence-electron chi connectivity index (χ1n) is 9.60. The molecule has 0 bridgehead atoms. The van der Waals surface area contributed by atoms with E-state index in [0.717, 1.165) is 42.5 Å². The number of rotatable bonds is 6. The smallest absolute Gasteiger partial charge is 0.318 e. The molecule has 1 aliphatic rings. The van der Waals surface area contributed by atoms with Crippen LogP contribution in [0, 0.1) is 0 Å². The summed E-state index contributed by atoms with van der Waals surface area (Å²) < 4.78 is 11.6. The van der Waals surface area contributed by atoms with Crippen molar-refractivity contribution in [2.75, 3.05) is 17.7 Å². The van der Waals surface area contributed by atoms with Crippen LogP contribution in [0.1, 0.15) is 32.6 Å². The Morgan fingerprint density at radius 1 is 1.07 bits per heavy atom. The molecule has 3 N–H and O–H groups in total. The lowest BCUT2D eigenvalue weighted by Gasteiger charge is -2.30. The average molecular weight is 380 g/mol. The molecule has 146 valence electrons. The Morgan fingerprint density at radius 3 is 2.71 bits per heavy atom. The van der Waals surface area contributed by atoms with Crippen molar-refractivity contribution in [3.8, 4) is 11.8 Å². The number of nitrogen functional groups attached to an aromatic ring is 1. The van der Waals surface area contributed by atoms with E-state index in [0.29, 0.717) is 30.1 Å². The molecule has 4 rings (SSSR count). The van der Waals surface area contributed by atoms with Crippen LogP contribution in [0.5, 0.6) is 11.8 Å². The van der Waals surface area contributed by atoms with Crippen molar-refractivity contribution >= 4 is 22.5 Å². The molecule has 0 unspecified atom stereocenters. The van der Waals surface area contributed by atoms with Gasteiger partial charge < -0.3 is 20.5 Å². The zero-order valence-electron chi connectivity index (χ0n) is 15.8. The molecule has 1 aliphatic carbocycles. The number of anilines is 2. The van der Waals surface area contributed by atoms with Gasteiger partial charge in [0.15, 0.2) is 0 Å². The van der Waals surface area contributed by atoms with E-state index >= 15 is 0 Å². The van der Waals surface area contributed by atoms with E-state index in [2.05, 4.69) is 25.3 Å². The highest BCUT2D eigenvalue weighted by molar-refractivity contribution is 5.84. The van der Waals surface area contributed by atoms with E-state index in [1.807, 2.05) is 25.1 Å². The Hall–Kier alpha value is -3.16. The van der Waals surface area contributed by atoms with Crippen LogP contribution in [0.2, 0.25) is 0 Å². The third-order valence-corrected chi connectivity index (χ3v) is 4.79. The lowest BCUT2D eigenvalue weighted by Crippen LogP contribution is -2.31. The van der Waals surface area contributed by atoms with Crippen molar-refractivity contribution in [1.29, 1.82) is 0 Å². The molecular formula is C20H24N6O2. The summed E-state index contributed by atoms with van der Waals surface area (Å²) >= 11 is 0. The molecule has 1 aromatic carbocycles. The molecule has 3 aromatic rings. The summed E-state index contributed by atoms with van der Waals surface area (Å²) in [5.74, 6) is 1.50. The van der Waals surface area contributed by atoms with Gasteiger partial charge in [0, 0.05) is 36.4 Å². The SMILES string of the molecule is CCOc1nccc(NC2CCC(Oc3cc(N)cc4nccnc34)CC2)n1. The van der Waals surface area contributed by atoms with Crippen molar-refractivity contribution in [2.24, 2.45) is 0 Å². The van der Waals surface area contributed by atoms with Gasteiger partial charge in [-0.1, -0.05) is 0 Å². The van der Waals surface area contributed by atoms with Gasteiger partial charge in [-0.2, -0.15) is 4.98 Å². The van der Waals surface area contributed by atoms with E-state index in [1.54, 1.807) is 18.6 Å². The largest absolute Gasteiger partial charge is 0.488 e. The van der Waals surface area contributed by atoms with Crippen molar-refractivity contribution in [3.05, 3.63) is 36.8 Å². The number of fused-ring (bicyclic) bond motifs is 1. The van der Waals surface area contributed by atoms with Crippen LogP contribution in [0.4, 0.5) is 11.5 Å². The molecule has 8 nitrogen and oxygen atoms in total. The van der Waals surface area contributed by atoms with Crippen molar-refractivity contribution in [2.45, 2.75) is 44.8 Å². The maximum Gasteiger partial charge on any atom is 0.318 e. The minimum Gasteiger partial charge on any atom is -0.488 e. The molecule has 0 spiro atoms. The summed E-state index contributed by atoms with van der Waals surface area (Å²) in [6, 6.07) is 6.26. The van der Waals surface area contributed by atoms with Gasteiger partial charge in [0.2, 0.25) is 0 Å². The summed E-state index contributed by atoms with van der Waals surface area (Å²) in [6.07, 6.45) is 9.04. The molecule has 2 heterocycles. The highest BCUT2D eigenvalue weighted by Gasteiger charge is 2.23. The Kier molecular flexibility index (Phi) is 5.36. The summed E-state index contributed by atoms with van der Waals surface area (Å²) in [6.45, 7) is 2.47. The highest BCUT2D eigenvalue weighted by atomic mass is 16.5. The minimum atomic E-state index is 0.134. The molecule has 2 aromatic heterocycles. The van der Waals surface area contributed by atoms with Crippen molar-refractivity contribution in [3.63, 3.8) is 0 Å². The number of nitrogens with one attached hydrogen (secondary N) is 1. The Morgan fingerprint density at radius 2 is 1.89 bits per heavy atom. The molecular weight excluding hydrogens is 356 g/mol. The van der Waals surface area contributed by atoms with E-state index in [4.69, 9.17) is 15.2 Å². The first-order valence-corrected chi connectivity index (χ1v) is 9.60. The zero-order chi connectivity index (χ0) is 19.3. The van der Waals surface area contributed by atoms with E-state index in [-0.39, 0.29) is 6.10 Å². The number of ether oxygens (including phenoxy) is 2. The molecule has 0 atom stereocenters. The summed E-state index contributed by atoms with van der Waals surface area (Å²) in [5.41, 5.74) is 8.13. The second-order valence-electron chi connectivity index (χ2n) is 6.84. The number of nitrogens with zero attached hydrogens (tertiary/aromatic N) is 4. The summed E-state index contributed by atoms with van der Waals surface area (Å²) in [5, 5.41) is 3.47. The first kappa shape index (κ1) is 18.2. The van der Waals surface area contributed by atoms with Crippen LogP contribution in [0.15, 0.2) is 36.8 Å². The maximum atomic E-state index is 6.24. The number of benzene rings is 1. The van der Waals surface area contributed by atoms with Gasteiger partial charge >= 0.3 is 6.01 Å². The first-order chi connectivity index (χ1) is 13.7. The van der Waals surface area contributed by atoms with Gasteiger partial charge in [0.1, 0.15) is 17.1 Å². The number of aromatic nitrogens is 4. The van der Waals surface area contributed by atoms with Crippen molar-refractivity contribution < 1.29 is 9.47 Å². The van der Waals surface area contributed by atoms with Crippen LogP contribution in [0.25, 0.3) is 11.0 Å². The molecule has 1 fully saturated rings. The quantitative estimate of drug-likeness (QED) is 0.628. The summed E-state index contributed by atoms with van der Waals surface area (Å²) in [7, 11) is 0. The van der Waals surface area contributed by atoms with Crippen LogP contribution in [-0.4, -0.2) is 38.7 Å². The number of nitrogens with two attached hydrogens (primary N) is 1. The Bertz CT molecular complexity index is 943. The molecule has 8 heteroatoms. The normalized spacial score (nSPS) is 19.3. The molecule has 0 aliphatic heterocycles. The molecule has 0 amide bonds. The predicted octanol–water partition coefficient (Wildman–Crippen LogP) is 3.20. The topological polar surface area (TPSA) is 108 Å². The third-order valence-electron chi connectivity index (χ3n) is 4.79. The van der Waals surface area contributed by atoms with E-state index < -0.39 is 0 Å².